The average molecular weight is 388 g/mol. The molecule has 0 aliphatic carbocycles. The van der Waals surface area contributed by atoms with E-state index in [1.165, 1.54) is 0 Å². The number of sulfone groups is 1. The lowest BCUT2D eigenvalue weighted by molar-refractivity contribution is 0.186. The molecule has 1 fully saturated rings. The number of piperidine rings is 1. The van der Waals surface area contributed by atoms with Crippen molar-refractivity contribution in [3.05, 3.63) is 60.2 Å². The zero-order valence-corrected chi connectivity index (χ0v) is 16.1. The Morgan fingerprint density at radius 2 is 1.70 bits per heavy atom. The smallest absolute Gasteiger partial charge is 0.317 e. The number of hydrogen-bond acceptors (Lipinski definition) is 4. The van der Waals surface area contributed by atoms with Crippen LogP contribution in [0.2, 0.25) is 0 Å². The lowest BCUT2D eigenvalue weighted by Gasteiger charge is -2.31. The van der Waals surface area contributed by atoms with Gasteiger partial charge < -0.3 is 15.0 Å². The van der Waals surface area contributed by atoms with Gasteiger partial charge in [-0.25, -0.2) is 13.2 Å². The summed E-state index contributed by atoms with van der Waals surface area (Å²) < 4.78 is 30.5. The second-order valence-corrected chi connectivity index (χ2v) is 8.78. The van der Waals surface area contributed by atoms with Crippen LogP contribution in [0.25, 0.3) is 0 Å². The van der Waals surface area contributed by atoms with Crippen molar-refractivity contribution in [2.75, 3.05) is 20.2 Å². The summed E-state index contributed by atoms with van der Waals surface area (Å²) >= 11 is 0. The van der Waals surface area contributed by atoms with E-state index < -0.39 is 15.1 Å². The van der Waals surface area contributed by atoms with Crippen LogP contribution in [0.15, 0.2) is 59.5 Å². The van der Waals surface area contributed by atoms with E-state index in [0.717, 1.165) is 11.3 Å². The van der Waals surface area contributed by atoms with Crippen LogP contribution < -0.4 is 10.1 Å². The summed E-state index contributed by atoms with van der Waals surface area (Å²) in [7, 11) is -1.73. The molecule has 1 aliphatic heterocycles. The minimum absolute atomic E-state index is 0.165. The van der Waals surface area contributed by atoms with Gasteiger partial charge in [-0.05, 0) is 42.7 Å². The molecule has 2 amide bonds. The van der Waals surface area contributed by atoms with Crippen molar-refractivity contribution in [3.8, 4) is 5.75 Å². The summed E-state index contributed by atoms with van der Waals surface area (Å²) in [5.74, 6) is 0.770. The van der Waals surface area contributed by atoms with E-state index in [0.29, 0.717) is 37.4 Å². The van der Waals surface area contributed by atoms with E-state index in [1.54, 1.807) is 42.3 Å². The molecule has 0 radical (unpaired) electrons. The van der Waals surface area contributed by atoms with Crippen LogP contribution in [0.4, 0.5) is 4.79 Å². The van der Waals surface area contributed by atoms with Crippen molar-refractivity contribution in [2.45, 2.75) is 29.5 Å². The van der Waals surface area contributed by atoms with Gasteiger partial charge in [0.15, 0.2) is 9.84 Å². The van der Waals surface area contributed by atoms with Crippen LogP contribution in [0.5, 0.6) is 5.75 Å². The van der Waals surface area contributed by atoms with E-state index in [-0.39, 0.29) is 6.03 Å². The fraction of sp³-hybridized carbons (Fsp3) is 0.350. The molecule has 27 heavy (non-hydrogen) atoms. The number of nitrogens with one attached hydrogen (secondary N) is 1. The quantitative estimate of drug-likeness (QED) is 0.855. The Bertz CT molecular complexity index is 859. The molecule has 3 rings (SSSR count). The summed E-state index contributed by atoms with van der Waals surface area (Å²) in [5, 5.41) is 2.45. The monoisotopic (exact) mass is 388 g/mol. The van der Waals surface area contributed by atoms with Gasteiger partial charge in [0.1, 0.15) is 5.75 Å². The van der Waals surface area contributed by atoms with Crippen molar-refractivity contribution in [2.24, 2.45) is 0 Å². The minimum Gasteiger partial charge on any atom is -0.497 e. The molecule has 1 N–H and O–H groups in total. The van der Waals surface area contributed by atoms with E-state index >= 15 is 0 Å². The molecule has 0 atom stereocenters. The number of rotatable bonds is 5. The summed E-state index contributed by atoms with van der Waals surface area (Å²) in [4.78, 5) is 14.4. The van der Waals surface area contributed by atoms with Gasteiger partial charge in [0, 0.05) is 19.6 Å². The highest BCUT2D eigenvalue weighted by molar-refractivity contribution is 7.92. The summed E-state index contributed by atoms with van der Waals surface area (Å²) in [6, 6.07) is 15.9. The van der Waals surface area contributed by atoms with Gasteiger partial charge in [-0.3, -0.25) is 0 Å². The van der Waals surface area contributed by atoms with E-state index in [9.17, 15) is 13.2 Å². The standard InChI is InChI=1S/C20H24N2O4S/c1-26-17-9-7-16(8-10-17)15-21-20(23)22-13-11-19(12-14-22)27(24,25)18-5-3-2-4-6-18/h2-10,19H,11-15H2,1H3,(H,21,23). The fourth-order valence-electron chi connectivity index (χ4n) is 3.20. The predicted molar refractivity (Wildman–Crippen MR) is 103 cm³/mol. The molecule has 6 nitrogen and oxygen atoms in total. The third kappa shape index (κ3) is 4.60. The van der Waals surface area contributed by atoms with Gasteiger partial charge in [-0.15, -0.1) is 0 Å². The molecule has 2 aromatic carbocycles. The zero-order chi connectivity index (χ0) is 19.3. The van der Waals surface area contributed by atoms with E-state index in [1.807, 2.05) is 24.3 Å². The molecule has 1 aliphatic rings. The predicted octanol–water partition coefficient (Wildman–Crippen LogP) is 2.84. The van der Waals surface area contributed by atoms with Crippen molar-refractivity contribution < 1.29 is 17.9 Å². The van der Waals surface area contributed by atoms with E-state index in [2.05, 4.69) is 5.32 Å². The maximum atomic E-state index is 12.7. The Morgan fingerprint density at radius 3 is 2.30 bits per heavy atom. The van der Waals surface area contributed by atoms with Gasteiger partial charge in [0.05, 0.1) is 17.3 Å². The van der Waals surface area contributed by atoms with E-state index in [4.69, 9.17) is 4.74 Å². The minimum atomic E-state index is -3.34. The highest BCUT2D eigenvalue weighted by Crippen LogP contribution is 2.24. The third-order valence-corrected chi connectivity index (χ3v) is 7.12. The molecular formula is C20H24N2O4S. The first-order chi connectivity index (χ1) is 13.0. The number of hydrogen-bond donors (Lipinski definition) is 1. The Kier molecular flexibility index (Phi) is 6.01. The molecule has 1 heterocycles. The molecule has 1 saturated heterocycles. The van der Waals surface area contributed by atoms with Crippen molar-refractivity contribution in [1.29, 1.82) is 0 Å². The van der Waals surface area contributed by atoms with Crippen LogP contribution in [0.1, 0.15) is 18.4 Å². The molecule has 144 valence electrons. The number of carbonyl (C=O) groups is 1. The SMILES string of the molecule is COc1ccc(CNC(=O)N2CCC(S(=O)(=O)c3ccccc3)CC2)cc1. The highest BCUT2D eigenvalue weighted by atomic mass is 32.2. The maximum Gasteiger partial charge on any atom is 0.317 e. The van der Waals surface area contributed by atoms with Crippen LogP contribution in [0.3, 0.4) is 0 Å². The van der Waals surface area contributed by atoms with Crippen molar-refractivity contribution >= 4 is 15.9 Å². The molecular weight excluding hydrogens is 364 g/mol. The fourth-order valence-corrected chi connectivity index (χ4v) is 4.96. The lowest BCUT2D eigenvalue weighted by Crippen LogP contribution is -2.46. The number of nitrogens with zero attached hydrogens (tertiary/aromatic N) is 1. The number of likely N-dealkylation sites (tertiary alicyclic amines) is 1. The number of benzene rings is 2. The number of urea groups is 1. The summed E-state index contributed by atoms with van der Waals surface area (Å²) in [5.41, 5.74) is 0.977. The number of amides is 2. The van der Waals surface area contributed by atoms with Crippen LogP contribution >= 0.6 is 0 Å². The van der Waals surface area contributed by atoms with Crippen molar-refractivity contribution in [3.63, 3.8) is 0 Å². The van der Waals surface area contributed by atoms with Gasteiger partial charge in [0.25, 0.3) is 0 Å². The second kappa shape index (κ2) is 8.43. The molecule has 0 bridgehead atoms. The Balaban J connectivity index is 1.51. The Hall–Kier alpha value is -2.54. The first-order valence-corrected chi connectivity index (χ1v) is 10.5. The molecule has 2 aromatic rings. The Morgan fingerprint density at radius 1 is 1.07 bits per heavy atom. The topological polar surface area (TPSA) is 75.7 Å². The first kappa shape index (κ1) is 19.2. The molecule has 0 spiro atoms. The third-order valence-electron chi connectivity index (χ3n) is 4.84. The van der Waals surface area contributed by atoms with Gasteiger partial charge in [-0.2, -0.15) is 0 Å². The molecule has 0 saturated carbocycles. The summed E-state index contributed by atoms with van der Waals surface area (Å²) in [6.07, 6.45) is 0.903. The summed E-state index contributed by atoms with van der Waals surface area (Å²) in [6.45, 7) is 1.29. The highest BCUT2D eigenvalue weighted by Gasteiger charge is 2.32. The number of methoxy groups -OCH3 is 1. The second-order valence-electron chi connectivity index (χ2n) is 6.55. The number of ether oxygens (including phenoxy) is 1. The largest absolute Gasteiger partial charge is 0.497 e. The first-order valence-electron chi connectivity index (χ1n) is 8.95. The van der Waals surface area contributed by atoms with Gasteiger partial charge >= 0.3 is 6.03 Å². The average Bonchev–Trinajstić information content (AvgIpc) is 2.73. The number of carbonyl (C=O) groups excluding carboxylic acids is 1. The van der Waals surface area contributed by atoms with Crippen LogP contribution in [-0.2, 0) is 16.4 Å². The molecule has 0 aromatic heterocycles. The molecule has 0 unspecified atom stereocenters. The van der Waals surface area contributed by atoms with Gasteiger partial charge in [0.2, 0.25) is 0 Å². The van der Waals surface area contributed by atoms with Gasteiger partial charge in [-0.1, -0.05) is 30.3 Å². The zero-order valence-electron chi connectivity index (χ0n) is 15.3. The van der Waals surface area contributed by atoms with Crippen LogP contribution in [-0.4, -0.2) is 44.8 Å². The molecule has 7 heteroatoms. The Labute approximate surface area is 160 Å². The normalized spacial score (nSPS) is 15.4. The lowest BCUT2D eigenvalue weighted by atomic mass is 10.1. The van der Waals surface area contributed by atoms with Crippen molar-refractivity contribution in [1.82, 2.24) is 10.2 Å². The van der Waals surface area contributed by atoms with Crippen LogP contribution in [0, 0.1) is 0 Å². The maximum absolute atomic E-state index is 12.7.